The van der Waals surface area contributed by atoms with Crippen LogP contribution in [-0.4, -0.2) is 24.4 Å². The Bertz CT molecular complexity index is 489. The maximum absolute atomic E-state index is 12.0. The van der Waals surface area contributed by atoms with Crippen molar-refractivity contribution in [3.63, 3.8) is 0 Å². The van der Waals surface area contributed by atoms with E-state index in [0.29, 0.717) is 12.1 Å². The smallest absolute Gasteiger partial charge is 0.251 e. The van der Waals surface area contributed by atoms with Crippen LogP contribution in [0.3, 0.4) is 0 Å². The molecule has 0 aromatic heterocycles. The highest BCUT2D eigenvalue weighted by atomic mass is 32.1. The van der Waals surface area contributed by atoms with Crippen LogP contribution in [0.1, 0.15) is 42.6 Å². The minimum absolute atomic E-state index is 0.0423. The van der Waals surface area contributed by atoms with Crippen LogP contribution in [0.5, 0.6) is 0 Å². The molecule has 1 rings (SSSR count). The number of amides is 2. The fraction of sp³-hybridized carbons (Fsp3) is 0.467. The van der Waals surface area contributed by atoms with Crippen molar-refractivity contribution in [1.82, 2.24) is 10.6 Å². The Labute approximate surface area is 125 Å². The SMILES string of the molecule is CCC(C)NC(=O)CCNC(=O)c1cc(S)ccc1C. The lowest BCUT2D eigenvalue weighted by atomic mass is 10.1. The Kier molecular flexibility index (Phi) is 6.58. The van der Waals surface area contributed by atoms with Gasteiger partial charge in [-0.15, -0.1) is 12.6 Å². The van der Waals surface area contributed by atoms with Crippen LogP contribution in [0.4, 0.5) is 0 Å². The number of carbonyl (C=O) groups is 2. The Hall–Kier alpha value is -1.49. The first kappa shape index (κ1) is 16.6. The molecule has 1 aromatic rings. The third-order valence-corrected chi connectivity index (χ3v) is 3.40. The van der Waals surface area contributed by atoms with Gasteiger partial charge in [-0.05, 0) is 38.0 Å². The molecule has 20 heavy (non-hydrogen) atoms. The zero-order valence-corrected chi connectivity index (χ0v) is 13.1. The summed E-state index contributed by atoms with van der Waals surface area (Å²) < 4.78 is 0. The zero-order valence-electron chi connectivity index (χ0n) is 12.2. The van der Waals surface area contributed by atoms with Crippen LogP contribution in [0.15, 0.2) is 23.1 Å². The lowest BCUT2D eigenvalue weighted by molar-refractivity contribution is -0.121. The molecule has 0 bridgehead atoms. The Morgan fingerprint density at radius 1 is 1.35 bits per heavy atom. The zero-order chi connectivity index (χ0) is 15.1. The predicted octanol–water partition coefficient (Wildman–Crippen LogP) is 2.32. The van der Waals surface area contributed by atoms with Crippen LogP contribution in [-0.2, 0) is 4.79 Å². The summed E-state index contributed by atoms with van der Waals surface area (Å²) >= 11 is 4.22. The molecule has 0 aliphatic rings. The summed E-state index contributed by atoms with van der Waals surface area (Å²) in [5, 5.41) is 5.62. The molecule has 2 amide bonds. The van der Waals surface area contributed by atoms with Gasteiger partial charge in [0.15, 0.2) is 0 Å². The van der Waals surface area contributed by atoms with Crippen molar-refractivity contribution in [1.29, 1.82) is 0 Å². The lowest BCUT2D eigenvalue weighted by Gasteiger charge is -2.12. The number of aryl methyl sites for hydroxylation is 1. The normalized spacial score (nSPS) is 11.8. The fourth-order valence-electron chi connectivity index (χ4n) is 1.69. The van der Waals surface area contributed by atoms with Crippen LogP contribution < -0.4 is 10.6 Å². The molecule has 0 aliphatic carbocycles. The van der Waals surface area contributed by atoms with E-state index in [-0.39, 0.29) is 24.3 Å². The molecule has 0 fully saturated rings. The minimum atomic E-state index is -0.172. The number of thiol groups is 1. The van der Waals surface area contributed by atoms with Gasteiger partial charge in [-0.3, -0.25) is 9.59 Å². The summed E-state index contributed by atoms with van der Waals surface area (Å²) in [6.07, 6.45) is 1.18. The molecule has 110 valence electrons. The molecule has 0 saturated heterocycles. The molecule has 0 radical (unpaired) electrons. The fourth-order valence-corrected chi connectivity index (χ4v) is 1.89. The van der Waals surface area contributed by atoms with Gasteiger partial charge in [0.25, 0.3) is 5.91 Å². The molecule has 1 atom stereocenters. The van der Waals surface area contributed by atoms with Gasteiger partial charge in [-0.1, -0.05) is 13.0 Å². The third kappa shape index (κ3) is 5.25. The highest BCUT2D eigenvalue weighted by molar-refractivity contribution is 7.80. The number of hydrogen-bond acceptors (Lipinski definition) is 3. The van der Waals surface area contributed by atoms with Gasteiger partial charge in [0, 0.05) is 29.5 Å². The molecular formula is C15H22N2O2S. The van der Waals surface area contributed by atoms with Crippen molar-refractivity contribution < 1.29 is 9.59 Å². The van der Waals surface area contributed by atoms with Crippen LogP contribution in [0.2, 0.25) is 0 Å². The van der Waals surface area contributed by atoms with E-state index in [4.69, 9.17) is 0 Å². The summed E-state index contributed by atoms with van der Waals surface area (Å²) in [6.45, 7) is 6.17. The molecule has 0 aliphatic heterocycles. The highest BCUT2D eigenvalue weighted by Crippen LogP contribution is 2.13. The first-order valence-electron chi connectivity index (χ1n) is 6.81. The summed E-state index contributed by atoms with van der Waals surface area (Å²) in [4.78, 5) is 24.3. The monoisotopic (exact) mass is 294 g/mol. The molecule has 5 heteroatoms. The van der Waals surface area contributed by atoms with E-state index in [1.54, 1.807) is 6.07 Å². The largest absolute Gasteiger partial charge is 0.354 e. The van der Waals surface area contributed by atoms with Crippen molar-refractivity contribution in [2.24, 2.45) is 0 Å². The standard InChI is InChI=1S/C15H22N2O2S/c1-4-11(3)17-14(18)7-8-16-15(19)13-9-12(20)6-5-10(13)2/h5-6,9,11,20H,4,7-8H2,1-3H3,(H,16,19)(H,17,18). The van der Waals surface area contributed by atoms with E-state index < -0.39 is 0 Å². The minimum Gasteiger partial charge on any atom is -0.354 e. The van der Waals surface area contributed by atoms with E-state index in [2.05, 4.69) is 23.3 Å². The van der Waals surface area contributed by atoms with Crippen LogP contribution in [0.25, 0.3) is 0 Å². The van der Waals surface area contributed by atoms with Gasteiger partial charge in [-0.2, -0.15) is 0 Å². The van der Waals surface area contributed by atoms with E-state index in [9.17, 15) is 9.59 Å². The molecular weight excluding hydrogens is 272 g/mol. The predicted molar refractivity (Wildman–Crippen MR) is 83.3 cm³/mol. The van der Waals surface area contributed by atoms with Gasteiger partial charge in [0.1, 0.15) is 0 Å². The van der Waals surface area contributed by atoms with Gasteiger partial charge in [0.05, 0.1) is 0 Å². The van der Waals surface area contributed by atoms with Gasteiger partial charge in [-0.25, -0.2) is 0 Å². The van der Waals surface area contributed by atoms with E-state index in [0.717, 1.165) is 16.9 Å². The second kappa shape index (κ2) is 7.94. The molecule has 2 N–H and O–H groups in total. The number of carbonyl (C=O) groups excluding carboxylic acids is 2. The van der Waals surface area contributed by atoms with Gasteiger partial charge < -0.3 is 10.6 Å². The van der Waals surface area contributed by atoms with Crippen LogP contribution in [0, 0.1) is 6.92 Å². The Morgan fingerprint density at radius 3 is 2.70 bits per heavy atom. The van der Waals surface area contributed by atoms with Gasteiger partial charge in [0.2, 0.25) is 5.91 Å². The maximum Gasteiger partial charge on any atom is 0.251 e. The molecule has 0 spiro atoms. The Balaban J connectivity index is 2.44. The topological polar surface area (TPSA) is 58.2 Å². The molecule has 1 unspecified atom stereocenters. The number of benzene rings is 1. The van der Waals surface area contributed by atoms with Crippen molar-refractivity contribution in [2.45, 2.75) is 44.6 Å². The van der Waals surface area contributed by atoms with Crippen molar-refractivity contribution in [3.05, 3.63) is 29.3 Å². The van der Waals surface area contributed by atoms with Crippen molar-refractivity contribution in [3.8, 4) is 0 Å². The van der Waals surface area contributed by atoms with Gasteiger partial charge >= 0.3 is 0 Å². The Morgan fingerprint density at radius 2 is 2.05 bits per heavy atom. The number of nitrogens with one attached hydrogen (secondary N) is 2. The highest BCUT2D eigenvalue weighted by Gasteiger charge is 2.10. The quantitative estimate of drug-likeness (QED) is 0.705. The molecule has 0 heterocycles. The third-order valence-electron chi connectivity index (χ3n) is 3.12. The van der Waals surface area contributed by atoms with E-state index >= 15 is 0 Å². The summed E-state index contributed by atoms with van der Waals surface area (Å²) in [6, 6.07) is 5.59. The first-order valence-corrected chi connectivity index (χ1v) is 7.26. The number of hydrogen-bond donors (Lipinski definition) is 3. The number of rotatable bonds is 6. The maximum atomic E-state index is 12.0. The second-order valence-corrected chi connectivity index (χ2v) is 5.40. The van der Waals surface area contributed by atoms with Crippen LogP contribution >= 0.6 is 12.6 Å². The summed E-state index contributed by atoms with van der Waals surface area (Å²) in [5.74, 6) is -0.214. The molecule has 1 aromatic carbocycles. The average molecular weight is 294 g/mol. The van der Waals surface area contributed by atoms with E-state index in [1.807, 2.05) is 32.9 Å². The summed E-state index contributed by atoms with van der Waals surface area (Å²) in [7, 11) is 0. The molecule has 4 nitrogen and oxygen atoms in total. The van der Waals surface area contributed by atoms with Crippen molar-refractivity contribution >= 4 is 24.4 Å². The van der Waals surface area contributed by atoms with Crippen molar-refractivity contribution in [2.75, 3.05) is 6.54 Å². The average Bonchev–Trinajstić information content (AvgIpc) is 2.41. The first-order chi connectivity index (χ1) is 9.43. The molecule has 0 saturated carbocycles. The second-order valence-electron chi connectivity index (χ2n) is 4.88. The lowest BCUT2D eigenvalue weighted by Crippen LogP contribution is -2.35. The van der Waals surface area contributed by atoms with E-state index in [1.165, 1.54) is 0 Å². The summed E-state index contributed by atoms with van der Waals surface area (Å²) in [5.41, 5.74) is 1.49.